The number of carbonyl (C=O) groups excluding carboxylic acids is 1. The summed E-state index contributed by atoms with van der Waals surface area (Å²) in [5, 5.41) is 6.86. The highest BCUT2D eigenvalue weighted by atomic mass is 79.9. The number of hydrogen-bond donors (Lipinski definition) is 1. The molecule has 24 heavy (non-hydrogen) atoms. The Morgan fingerprint density at radius 3 is 2.71 bits per heavy atom. The normalized spacial score (nSPS) is 10.6. The SMILES string of the molecule is Cc1c(NC(=O)c2ccc(COc3ccc(Br)cc3)o2)cnn1C. The average Bonchev–Trinajstić information content (AvgIpc) is 3.17. The molecule has 0 unspecified atom stereocenters. The summed E-state index contributed by atoms with van der Waals surface area (Å²) in [5.74, 6) is 1.21. The van der Waals surface area contributed by atoms with Gasteiger partial charge in [-0.15, -0.1) is 0 Å². The second-order valence-corrected chi connectivity index (χ2v) is 6.15. The Hall–Kier alpha value is -2.54. The minimum absolute atomic E-state index is 0.229. The first-order valence-electron chi connectivity index (χ1n) is 7.30. The number of hydrogen-bond acceptors (Lipinski definition) is 4. The molecule has 0 aliphatic heterocycles. The van der Waals surface area contributed by atoms with Gasteiger partial charge in [0, 0.05) is 11.5 Å². The summed E-state index contributed by atoms with van der Waals surface area (Å²) in [5.41, 5.74) is 1.53. The number of halogens is 1. The number of anilines is 1. The van der Waals surface area contributed by atoms with Gasteiger partial charge in [0.05, 0.1) is 17.6 Å². The van der Waals surface area contributed by atoms with Gasteiger partial charge in [-0.3, -0.25) is 9.48 Å². The lowest BCUT2D eigenvalue weighted by atomic mass is 10.3. The minimum atomic E-state index is -0.319. The zero-order valence-corrected chi connectivity index (χ0v) is 14.8. The van der Waals surface area contributed by atoms with E-state index in [-0.39, 0.29) is 18.3 Å². The van der Waals surface area contributed by atoms with Gasteiger partial charge >= 0.3 is 0 Å². The molecule has 6 nitrogen and oxygen atoms in total. The molecule has 2 heterocycles. The Bertz CT molecular complexity index is 852. The number of benzene rings is 1. The average molecular weight is 390 g/mol. The summed E-state index contributed by atoms with van der Waals surface area (Å²) in [6.45, 7) is 2.13. The van der Waals surface area contributed by atoms with Crippen LogP contribution in [0.3, 0.4) is 0 Å². The third kappa shape index (κ3) is 3.68. The fraction of sp³-hybridized carbons (Fsp3) is 0.176. The molecule has 7 heteroatoms. The summed E-state index contributed by atoms with van der Waals surface area (Å²) < 4.78 is 13.8. The Kier molecular flexibility index (Phi) is 4.71. The van der Waals surface area contributed by atoms with Gasteiger partial charge in [-0.25, -0.2) is 0 Å². The fourth-order valence-corrected chi connectivity index (χ4v) is 2.33. The lowest BCUT2D eigenvalue weighted by Crippen LogP contribution is -2.11. The first-order chi connectivity index (χ1) is 11.5. The molecular weight excluding hydrogens is 374 g/mol. The van der Waals surface area contributed by atoms with Crippen LogP contribution in [0.1, 0.15) is 22.0 Å². The van der Waals surface area contributed by atoms with E-state index in [1.54, 1.807) is 23.0 Å². The van der Waals surface area contributed by atoms with Crippen LogP contribution in [-0.4, -0.2) is 15.7 Å². The van der Waals surface area contributed by atoms with Crippen LogP contribution in [0.4, 0.5) is 5.69 Å². The second kappa shape index (κ2) is 6.92. The Balaban J connectivity index is 1.61. The zero-order chi connectivity index (χ0) is 17.1. The number of amides is 1. The summed E-state index contributed by atoms with van der Waals surface area (Å²) >= 11 is 3.37. The number of ether oxygens (including phenoxy) is 1. The molecule has 1 N–H and O–H groups in total. The molecule has 3 aromatic rings. The van der Waals surface area contributed by atoms with Gasteiger partial charge in [-0.2, -0.15) is 5.10 Å². The second-order valence-electron chi connectivity index (χ2n) is 5.23. The van der Waals surface area contributed by atoms with Gasteiger partial charge < -0.3 is 14.5 Å². The van der Waals surface area contributed by atoms with E-state index in [4.69, 9.17) is 9.15 Å². The highest BCUT2D eigenvalue weighted by Crippen LogP contribution is 2.19. The van der Waals surface area contributed by atoms with E-state index in [1.807, 2.05) is 38.2 Å². The molecule has 0 saturated carbocycles. The number of aromatic nitrogens is 2. The van der Waals surface area contributed by atoms with Crippen LogP contribution >= 0.6 is 15.9 Å². The number of carbonyl (C=O) groups is 1. The molecule has 0 radical (unpaired) electrons. The van der Waals surface area contributed by atoms with Crippen LogP contribution in [0.2, 0.25) is 0 Å². The van der Waals surface area contributed by atoms with Gasteiger partial charge in [0.2, 0.25) is 0 Å². The highest BCUT2D eigenvalue weighted by molar-refractivity contribution is 9.10. The minimum Gasteiger partial charge on any atom is -0.486 e. The van der Waals surface area contributed by atoms with Crippen molar-refractivity contribution in [2.45, 2.75) is 13.5 Å². The third-order valence-electron chi connectivity index (χ3n) is 3.56. The summed E-state index contributed by atoms with van der Waals surface area (Å²) in [4.78, 5) is 12.2. The maximum atomic E-state index is 12.2. The van der Waals surface area contributed by atoms with E-state index in [9.17, 15) is 4.79 Å². The van der Waals surface area contributed by atoms with Crippen molar-refractivity contribution in [2.24, 2.45) is 7.05 Å². The largest absolute Gasteiger partial charge is 0.486 e. The van der Waals surface area contributed by atoms with Gasteiger partial charge in [-0.05, 0) is 43.3 Å². The molecule has 2 aromatic heterocycles. The molecular formula is C17H16BrN3O3. The van der Waals surface area contributed by atoms with Crippen LogP contribution in [0, 0.1) is 6.92 Å². The van der Waals surface area contributed by atoms with Crippen molar-refractivity contribution in [1.29, 1.82) is 0 Å². The lowest BCUT2D eigenvalue weighted by molar-refractivity contribution is 0.0992. The predicted molar refractivity (Wildman–Crippen MR) is 93.1 cm³/mol. The van der Waals surface area contributed by atoms with Gasteiger partial charge in [0.25, 0.3) is 5.91 Å². The van der Waals surface area contributed by atoms with E-state index >= 15 is 0 Å². The number of nitrogens with zero attached hydrogens (tertiary/aromatic N) is 2. The topological polar surface area (TPSA) is 69.3 Å². The monoisotopic (exact) mass is 389 g/mol. The number of rotatable bonds is 5. The van der Waals surface area contributed by atoms with Gasteiger partial charge in [-0.1, -0.05) is 15.9 Å². The van der Waals surface area contributed by atoms with Crippen molar-refractivity contribution >= 4 is 27.5 Å². The van der Waals surface area contributed by atoms with Crippen molar-refractivity contribution in [3.8, 4) is 5.75 Å². The van der Waals surface area contributed by atoms with E-state index in [2.05, 4.69) is 26.3 Å². The molecule has 124 valence electrons. The fourth-order valence-electron chi connectivity index (χ4n) is 2.07. The number of aryl methyl sites for hydroxylation is 1. The van der Waals surface area contributed by atoms with E-state index in [0.29, 0.717) is 11.4 Å². The third-order valence-corrected chi connectivity index (χ3v) is 4.09. The molecule has 0 fully saturated rings. The summed E-state index contributed by atoms with van der Waals surface area (Å²) in [6.07, 6.45) is 1.60. The molecule has 0 bridgehead atoms. The Morgan fingerprint density at radius 2 is 2.04 bits per heavy atom. The lowest BCUT2D eigenvalue weighted by Gasteiger charge is -2.04. The van der Waals surface area contributed by atoms with Crippen LogP contribution < -0.4 is 10.1 Å². The Morgan fingerprint density at radius 1 is 1.29 bits per heavy atom. The van der Waals surface area contributed by atoms with Crippen LogP contribution in [0.25, 0.3) is 0 Å². The van der Waals surface area contributed by atoms with E-state index in [0.717, 1.165) is 15.9 Å². The molecule has 3 rings (SSSR count). The van der Waals surface area contributed by atoms with Gasteiger partial charge in [0.15, 0.2) is 5.76 Å². The maximum absolute atomic E-state index is 12.2. The molecule has 1 amide bonds. The molecule has 0 atom stereocenters. The Labute approximate surface area is 147 Å². The quantitative estimate of drug-likeness (QED) is 0.717. The van der Waals surface area contributed by atoms with E-state index in [1.165, 1.54) is 0 Å². The van der Waals surface area contributed by atoms with Gasteiger partial charge in [0.1, 0.15) is 18.1 Å². The first-order valence-corrected chi connectivity index (χ1v) is 8.09. The maximum Gasteiger partial charge on any atom is 0.291 e. The predicted octanol–water partition coefficient (Wildman–Crippen LogP) is 3.92. The van der Waals surface area contributed by atoms with Crippen molar-refractivity contribution in [3.05, 3.63) is 64.3 Å². The van der Waals surface area contributed by atoms with Crippen LogP contribution in [-0.2, 0) is 13.7 Å². The molecule has 0 aliphatic rings. The number of nitrogens with one attached hydrogen (secondary N) is 1. The van der Waals surface area contributed by atoms with Crippen molar-refractivity contribution in [2.75, 3.05) is 5.32 Å². The van der Waals surface area contributed by atoms with E-state index < -0.39 is 0 Å². The first kappa shape index (κ1) is 16.3. The smallest absolute Gasteiger partial charge is 0.291 e. The molecule has 0 saturated heterocycles. The standard InChI is InChI=1S/C17H16BrN3O3/c1-11-15(9-19-21(11)2)20-17(22)16-8-7-14(24-16)10-23-13-5-3-12(18)4-6-13/h3-9H,10H2,1-2H3,(H,20,22). The molecule has 1 aromatic carbocycles. The van der Waals surface area contributed by atoms with Crippen molar-refractivity contribution in [3.63, 3.8) is 0 Å². The zero-order valence-electron chi connectivity index (χ0n) is 13.2. The summed E-state index contributed by atoms with van der Waals surface area (Å²) in [7, 11) is 1.81. The van der Waals surface area contributed by atoms with Crippen LogP contribution in [0.5, 0.6) is 5.75 Å². The molecule has 0 aliphatic carbocycles. The van der Waals surface area contributed by atoms with Crippen molar-refractivity contribution < 1.29 is 13.9 Å². The van der Waals surface area contributed by atoms with Crippen molar-refractivity contribution in [1.82, 2.24) is 9.78 Å². The summed E-state index contributed by atoms with van der Waals surface area (Å²) in [6, 6.07) is 10.8. The number of furan rings is 1. The van der Waals surface area contributed by atoms with Crippen LogP contribution in [0.15, 0.2) is 51.5 Å². The highest BCUT2D eigenvalue weighted by Gasteiger charge is 2.14. The molecule has 0 spiro atoms.